The van der Waals surface area contributed by atoms with E-state index in [0.717, 1.165) is 19.3 Å². The Bertz CT molecular complexity index is 705. The Hall–Kier alpha value is 0.556. The molecule has 6 aliphatic rings. The van der Waals surface area contributed by atoms with Crippen LogP contribution in [-0.4, -0.2) is 49.9 Å². The number of hydrogen-bond donors (Lipinski definition) is 1. The molecule has 0 unspecified atom stereocenters. The largest absolute Gasteiger partial charge is 1.00 e. The van der Waals surface area contributed by atoms with Crippen molar-refractivity contribution in [3.05, 3.63) is 0 Å². The Morgan fingerprint density at radius 2 is 1.64 bits per heavy atom. The molecule has 2 aliphatic heterocycles. The maximum absolute atomic E-state index is 13.4. The van der Waals surface area contributed by atoms with Crippen molar-refractivity contribution >= 4 is 29.4 Å². The molecule has 148 valence electrons. The first kappa shape index (κ1) is 21.8. The summed E-state index contributed by atoms with van der Waals surface area (Å²) >= 11 is 1.36. The second-order valence-electron chi connectivity index (χ2n) is 10.1. The molecule has 4 bridgehead atoms. The zero-order valence-corrected chi connectivity index (χ0v) is 20.7. The zero-order chi connectivity index (χ0) is 19.3. The van der Waals surface area contributed by atoms with Gasteiger partial charge in [0.2, 0.25) is 5.91 Å². The smallest absolute Gasteiger partial charge is 0.548 e. The van der Waals surface area contributed by atoms with Crippen LogP contribution in [-0.2, 0) is 14.4 Å². The molecule has 0 aromatic heterocycles. The van der Waals surface area contributed by atoms with Gasteiger partial charge in [0, 0.05) is 10.2 Å². The standard InChI is InChI=1S/C20H27NO5S.K/c1-19(2)14(18(25)26)21-16(24)12(17(21)27-19)13(22)15(23)20-6-9-3-10(7-20)5-11(4-9)8-20;/h9-14,17,22H,3-8H2,1-2H3,(H,25,26);/q;+1/p-1/t9?,10?,11?,12-,13+,14+,17-,20?;/m1./s1. The molecule has 6 rings (SSSR count). The molecule has 2 heterocycles. The van der Waals surface area contributed by atoms with Crippen molar-refractivity contribution in [3.8, 4) is 0 Å². The van der Waals surface area contributed by atoms with Crippen molar-refractivity contribution < 1.29 is 76.0 Å². The number of carboxylic acid groups (broad SMARTS) is 1. The van der Waals surface area contributed by atoms with E-state index < -0.39 is 45.5 Å². The van der Waals surface area contributed by atoms with Gasteiger partial charge in [-0.15, -0.1) is 11.8 Å². The molecule has 4 saturated carbocycles. The molecule has 6 nitrogen and oxygen atoms in total. The van der Waals surface area contributed by atoms with E-state index in [-0.39, 0.29) is 57.2 Å². The topological polar surface area (TPSA) is 97.7 Å². The average Bonchev–Trinajstić information content (AvgIpc) is 2.80. The number of rotatable bonds is 4. The van der Waals surface area contributed by atoms with Gasteiger partial charge in [-0.25, -0.2) is 0 Å². The number of hydrogen-bond acceptors (Lipinski definition) is 6. The van der Waals surface area contributed by atoms with Crippen molar-refractivity contribution in [2.45, 2.75) is 74.6 Å². The van der Waals surface area contributed by atoms with E-state index in [4.69, 9.17) is 0 Å². The molecule has 4 atom stereocenters. The number of carbonyl (C=O) groups is 3. The summed E-state index contributed by atoms with van der Waals surface area (Å²) in [5.74, 6) is -0.912. The number of aliphatic hydroxyl groups excluding tert-OH is 1. The van der Waals surface area contributed by atoms with Crippen LogP contribution in [0.3, 0.4) is 0 Å². The maximum Gasteiger partial charge on any atom is 1.00 e. The predicted molar refractivity (Wildman–Crippen MR) is 96.2 cm³/mol. The molecule has 0 aromatic rings. The molecule has 0 radical (unpaired) electrons. The van der Waals surface area contributed by atoms with Gasteiger partial charge in [0.25, 0.3) is 0 Å². The van der Waals surface area contributed by atoms with Crippen molar-refractivity contribution in [2.24, 2.45) is 29.1 Å². The molecule has 2 saturated heterocycles. The first-order chi connectivity index (χ1) is 12.6. The van der Waals surface area contributed by atoms with Crippen LogP contribution >= 0.6 is 11.8 Å². The molecule has 0 spiro atoms. The SMILES string of the molecule is CC1(C)S[C@@H]2[C@H]([C@H](O)C(=O)C34CC5CC(CC(C5)C3)C4)C(=O)N2[C@H]1C(=O)[O-].[K+]. The van der Waals surface area contributed by atoms with E-state index >= 15 is 0 Å². The Kier molecular flexibility index (Phi) is 5.47. The van der Waals surface area contributed by atoms with Gasteiger partial charge in [-0.2, -0.15) is 0 Å². The number of amides is 1. The first-order valence-corrected chi connectivity index (χ1v) is 10.9. The van der Waals surface area contributed by atoms with Crippen LogP contribution in [0.2, 0.25) is 0 Å². The van der Waals surface area contributed by atoms with Crippen molar-refractivity contribution in [1.29, 1.82) is 0 Å². The average molecular weight is 432 g/mol. The quantitative estimate of drug-likeness (QED) is 0.393. The Morgan fingerprint density at radius 1 is 1.14 bits per heavy atom. The van der Waals surface area contributed by atoms with Crippen LogP contribution in [0.5, 0.6) is 0 Å². The molecular weight excluding hydrogens is 405 g/mol. The molecule has 0 aromatic carbocycles. The number of thioether (sulfide) groups is 1. The third kappa shape index (κ3) is 2.96. The fraction of sp³-hybridized carbons (Fsp3) is 0.850. The Balaban J connectivity index is 0.00000192. The third-order valence-corrected chi connectivity index (χ3v) is 9.47. The van der Waals surface area contributed by atoms with Gasteiger partial charge in [-0.3, -0.25) is 9.59 Å². The van der Waals surface area contributed by atoms with Crippen molar-refractivity contribution in [1.82, 2.24) is 4.90 Å². The summed E-state index contributed by atoms with van der Waals surface area (Å²) in [4.78, 5) is 39.0. The van der Waals surface area contributed by atoms with Crippen LogP contribution in [0.4, 0.5) is 0 Å². The minimum absolute atomic E-state index is 0. The number of fused-ring (bicyclic) bond motifs is 1. The third-order valence-electron chi connectivity index (χ3n) is 7.88. The van der Waals surface area contributed by atoms with Crippen LogP contribution in [0.1, 0.15) is 52.4 Å². The van der Waals surface area contributed by atoms with E-state index in [0.29, 0.717) is 17.8 Å². The summed E-state index contributed by atoms with van der Waals surface area (Å²) in [7, 11) is 0. The molecule has 1 amide bonds. The second-order valence-corrected chi connectivity index (χ2v) is 11.9. The maximum atomic E-state index is 13.4. The number of carbonyl (C=O) groups excluding carboxylic acids is 3. The molecule has 28 heavy (non-hydrogen) atoms. The fourth-order valence-electron chi connectivity index (χ4n) is 7.20. The van der Waals surface area contributed by atoms with E-state index in [2.05, 4.69) is 0 Å². The predicted octanol–water partition coefficient (Wildman–Crippen LogP) is -2.43. The minimum atomic E-state index is -1.32. The van der Waals surface area contributed by atoms with Crippen molar-refractivity contribution in [2.75, 3.05) is 0 Å². The number of aliphatic carboxylic acids is 1. The van der Waals surface area contributed by atoms with Gasteiger partial charge in [-0.1, -0.05) is 0 Å². The number of nitrogens with zero attached hydrogens (tertiary/aromatic N) is 1. The Labute approximate surface area is 212 Å². The number of ketones is 1. The summed E-state index contributed by atoms with van der Waals surface area (Å²) in [5, 5.41) is 22.0. The second kappa shape index (κ2) is 7.04. The van der Waals surface area contributed by atoms with E-state index in [1.165, 1.54) is 35.9 Å². The molecule has 8 heteroatoms. The monoisotopic (exact) mass is 431 g/mol. The van der Waals surface area contributed by atoms with Crippen LogP contribution in [0.15, 0.2) is 0 Å². The van der Waals surface area contributed by atoms with E-state index in [9.17, 15) is 24.6 Å². The van der Waals surface area contributed by atoms with Gasteiger partial charge < -0.3 is 19.9 Å². The molecule has 1 N–H and O–H groups in total. The summed E-state index contributed by atoms with van der Waals surface area (Å²) < 4.78 is -0.697. The minimum Gasteiger partial charge on any atom is -0.548 e. The molecular formula is C20H26KNO5S. The van der Waals surface area contributed by atoms with E-state index in [1.54, 1.807) is 13.8 Å². The van der Waals surface area contributed by atoms with Gasteiger partial charge in [0.1, 0.15) is 12.0 Å². The number of carboxylic acids is 1. The Morgan fingerprint density at radius 3 is 2.11 bits per heavy atom. The number of aliphatic hydroxyl groups is 1. The van der Waals surface area contributed by atoms with Gasteiger partial charge in [-0.05, 0) is 70.1 Å². The number of β-lactam (4-membered cyclic amide) rings is 1. The van der Waals surface area contributed by atoms with Crippen molar-refractivity contribution in [3.63, 3.8) is 0 Å². The number of Topliss-reactive ketones (excluding diaryl/α,β-unsaturated/α-hetero) is 1. The van der Waals surface area contributed by atoms with Gasteiger partial charge in [0.15, 0.2) is 5.78 Å². The summed E-state index contributed by atoms with van der Waals surface area (Å²) in [6.07, 6.45) is 4.86. The van der Waals surface area contributed by atoms with E-state index in [1.807, 2.05) is 0 Å². The van der Waals surface area contributed by atoms with Gasteiger partial charge in [0.05, 0.1) is 17.4 Å². The first-order valence-electron chi connectivity index (χ1n) is 10.1. The fourth-order valence-corrected chi connectivity index (χ4v) is 8.91. The van der Waals surface area contributed by atoms with Crippen LogP contribution in [0.25, 0.3) is 0 Å². The summed E-state index contributed by atoms with van der Waals surface area (Å²) in [6.45, 7) is 3.54. The van der Waals surface area contributed by atoms with Crippen LogP contribution < -0.4 is 56.5 Å². The zero-order valence-electron chi connectivity index (χ0n) is 16.7. The summed E-state index contributed by atoms with van der Waals surface area (Å²) in [6, 6.07) is -1.02. The normalized spacial score (nSPS) is 45.8. The summed E-state index contributed by atoms with van der Waals surface area (Å²) in [5.41, 5.74) is -0.457. The van der Waals surface area contributed by atoms with Gasteiger partial charge >= 0.3 is 51.4 Å². The van der Waals surface area contributed by atoms with Crippen LogP contribution in [0, 0.1) is 29.1 Å². The molecule has 6 fully saturated rings. The molecule has 4 aliphatic carbocycles.